The summed E-state index contributed by atoms with van der Waals surface area (Å²) in [6, 6.07) is 0. The fraction of sp³-hybridized carbons (Fsp3) is 0.577. The molecule has 9 nitrogen and oxygen atoms in total. The molecule has 0 saturated heterocycles. The lowest BCUT2D eigenvalue weighted by atomic mass is 10.0. The average molecular weight is 1200 g/mol. The van der Waals surface area contributed by atoms with Gasteiger partial charge in [0.15, 0.2) is 6.10 Å². The number of carboxylic acid groups (broad SMARTS) is 1. The molecule has 1 N–H and O–H groups in total. The van der Waals surface area contributed by atoms with Crippen molar-refractivity contribution >= 4 is 17.9 Å². The second kappa shape index (κ2) is 66.3. The molecule has 0 amide bonds. The van der Waals surface area contributed by atoms with Gasteiger partial charge in [-0.3, -0.25) is 9.59 Å². The normalized spacial score (nSPS) is 13.9. The lowest BCUT2D eigenvalue weighted by Gasteiger charge is -2.25. The number of nitrogens with zero attached hydrogens (tertiary/aromatic N) is 1. The van der Waals surface area contributed by atoms with Crippen molar-refractivity contribution < 1.29 is 42.9 Å². The maximum Gasteiger partial charge on any atom is 0.361 e. The van der Waals surface area contributed by atoms with E-state index in [0.29, 0.717) is 17.4 Å². The lowest BCUT2D eigenvalue weighted by Crippen LogP contribution is -2.40. The Morgan fingerprint density at radius 2 is 0.621 bits per heavy atom. The van der Waals surface area contributed by atoms with Gasteiger partial charge >= 0.3 is 17.9 Å². The Balaban J connectivity index is 4.25. The number of carbonyl (C=O) groups is 3. The van der Waals surface area contributed by atoms with E-state index in [0.717, 1.165) is 128 Å². The van der Waals surface area contributed by atoms with Gasteiger partial charge in [0.1, 0.15) is 13.2 Å². The van der Waals surface area contributed by atoms with Gasteiger partial charge in [0, 0.05) is 12.8 Å². The van der Waals surface area contributed by atoms with Crippen LogP contribution in [-0.4, -0.2) is 87.4 Å². The predicted octanol–water partition coefficient (Wildman–Crippen LogP) is 21.2. The Morgan fingerprint density at radius 1 is 0.345 bits per heavy atom. The summed E-state index contributed by atoms with van der Waals surface area (Å²) >= 11 is 0. The fourth-order valence-electron chi connectivity index (χ4n) is 8.54. The molecule has 0 radical (unpaired) electrons. The summed E-state index contributed by atoms with van der Waals surface area (Å²) in [5, 5.41) is 9.74. The second-order valence-electron chi connectivity index (χ2n) is 23.0. The third kappa shape index (κ3) is 67.8. The molecule has 0 heterocycles. The standard InChI is InChI=1S/C78H123NO8/c1-6-8-10-12-14-16-18-20-22-24-26-28-30-32-34-35-36-37-38-39-40-41-43-44-46-48-50-52-54-56-58-60-62-64-66-68-75(80)85-72-74(73-86-78(77(82)83)84-71-70-79(3,4)5)87-76(81)69-67-65-63-61-59-57-55-53-51-49-47-45-42-33-31-29-27-25-23-21-19-17-15-13-11-9-7-2/h8-11,14-17,20-23,26-29,32-34,36-37,39-40,42,47,49,53,55,59,61,74,78H,6-7,12-13,18-19,24-25,30-31,35,38,41,43-46,48,50-52,54,56-58,60,62-73H2,1-5H3/p+1/b10-8-,11-9-,16-14-,17-15-,22-20-,23-21-,28-26-,29-27-,34-32-,37-36-,40-39-,42-33-,49-47-,55-53-,61-59-. The molecule has 87 heavy (non-hydrogen) atoms. The number of quaternary nitrogens is 1. The first-order valence-electron chi connectivity index (χ1n) is 33.9. The highest BCUT2D eigenvalue weighted by atomic mass is 16.7. The Hall–Kier alpha value is -5.61. The third-order valence-corrected chi connectivity index (χ3v) is 13.7. The molecule has 9 heteroatoms. The van der Waals surface area contributed by atoms with Crippen LogP contribution < -0.4 is 0 Å². The van der Waals surface area contributed by atoms with Crippen molar-refractivity contribution in [2.45, 2.75) is 245 Å². The third-order valence-electron chi connectivity index (χ3n) is 13.7. The summed E-state index contributed by atoms with van der Waals surface area (Å²) in [6.45, 7) is 4.57. The van der Waals surface area contributed by atoms with Crippen LogP contribution in [0.3, 0.4) is 0 Å². The number of hydrogen-bond donors (Lipinski definition) is 1. The van der Waals surface area contributed by atoms with E-state index in [2.05, 4.69) is 196 Å². The maximum absolute atomic E-state index is 12.9. The van der Waals surface area contributed by atoms with Gasteiger partial charge in [0.25, 0.3) is 6.29 Å². The van der Waals surface area contributed by atoms with Crippen LogP contribution in [0.25, 0.3) is 0 Å². The van der Waals surface area contributed by atoms with E-state index in [1.807, 2.05) is 21.1 Å². The molecule has 488 valence electrons. The first kappa shape index (κ1) is 81.4. The number of aliphatic carboxylic acids is 1. The van der Waals surface area contributed by atoms with Crippen LogP contribution in [0.4, 0.5) is 0 Å². The number of carboxylic acids is 1. The van der Waals surface area contributed by atoms with Crippen molar-refractivity contribution in [2.75, 3.05) is 47.5 Å². The van der Waals surface area contributed by atoms with Crippen molar-refractivity contribution in [3.05, 3.63) is 182 Å². The summed E-state index contributed by atoms with van der Waals surface area (Å²) in [5.41, 5.74) is 0. The van der Waals surface area contributed by atoms with Gasteiger partial charge in [-0.15, -0.1) is 0 Å². The number of unbranched alkanes of at least 4 members (excludes halogenated alkanes) is 15. The van der Waals surface area contributed by atoms with Crippen LogP contribution in [-0.2, 0) is 33.3 Å². The van der Waals surface area contributed by atoms with Gasteiger partial charge < -0.3 is 28.5 Å². The molecular weight excluding hydrogens is 1080 g/mol. The monoisotopic (exact) mass is 1200 g/mol. The van der Waals surface area contributed by atoms with Crippen LogP contribution in [0.5, 0.6) is 0 Å². The van der Waals surface area contributed by atoms with Gasteiger partial charge in [-0.1, -0.05) is 267 Å². The Labute approximate surface area is 532 Å². The molecule has 0 aromatic heterocycles. The minimum Gasteiger partial charge on any atom is -0.477 e. The number of likely N-dealkylation sites (N-methyl/N-ethyl adjacent to an activating group) is 1. The molecule has 0 fully saturated rings. The Kier molecular flexibility index (Phi) is 62.1. The number of ether oxygens (including phenoxy) is 4. The molecule has 0 aromatic rings. The van der Waals surface area contributed by atoms with E-state index in [9.17, 15) is 19.5 Å². The average Bonchev–Trinajstić information content (AvgIpc) is 3.56. The second-order valence-corrected chi connectivity index (χ2v) is 23.0. The molecule has 0 spiro atoms. The molecule has 0 aliphatic carbocycles. The van der Waals surface area contributed by atoms with E-state index in [-0.39, 0.29) is 38.6 Å². The van der Waals surface area contributed by atoms with Gasteiger partial charge in [-0.05, 0) is 135 Å². The number of rotatable bonds is 60. The smallest absolute Gasteiger partial charge is 0.361 e. The lowest BCUT2D eigenvalue weighted by molar-refractivity contribution is -0.870. The summed E-state index contributed by atoms with van der Waals surface area (Å²) in [6.07, 6.45) is 98.5. The maximum atomic E-state index is 12.9. The van der Waals surface area contributed by atoms with Crippen molar-refractivity contribution in [3.8, 4) is 0 Å². The molecule has 2 atom stereocenters. The van der Waals surface area contributed by atoms with Gasteiger partial charge in [-0.2, -0.15) is 0 Å². The highest BCUT2D eigenvalue weighted by molar-refractivity contribution is 5.71. The quantitative estimate of drug-likeness (QED) is 0.0211. The summed E-state index contributed by atoms with van der Waals surface area (Å²) < 4.78 is 22.9. The van der Waals surface area contributed by atoms with Crippen LogP contribution in [0.15, 0.2) is 182 Å². The van der Waals surface area contributed by atoms with Crippen LogP contribution in [0.1, 0.15) is 232 Å². The number of esters is 2. The minimum absolute atomic E-state index is 0.169. The Bertz CT molecular complexity index is 2080. The highest BCUT2D eigenvalue weighted by Crippen LogP contribution is 2.15. The van der Waals surface area contributed by atoms with Crippen molar-refractivity contribution in [1.29, 1.82) is 0 Å². The first-order chi connectivity index (χ1) is 42.6. The SMILES string of the molecule is CC/C=C\C/C=C\C/C=C\C/C=C\C/C=C\C/C=C\C/C=C\C/C=C\CCCCC(=O)OC(COC(=O)CCCCCCCCCCCCCCC/C=C\C/C=C\C/C=C\C/C=C\C/C=C\C/C=C\C/C=C\CC)COC(OCC[N+](C)(C)C)C(=O)O. The van der Waals surface area contributed by atoms with Crippen molar-refractivity contribution in [1.82, 2.24) is 0 Å². The van der Waals surface area contributed by atoms with Gasteiger partial charge in [0.05, 0.1) is 34.4 Å². The van der Waals surface area contributed by atoms with Gasteiger partial charge in [0.2, 0.25) is 0 Å². The predicted molar refractivity (Wildman–Crippen MR) is 372 cm³/mol. The zero-order valence-corrected chi connectivity index (χ0v) is 55.6. The molecule has 2 unspecified atom stereocenters. The first-order valence-corrected chi connectivity index (χ1v) is 33.9. The van der Waals surface area contributed by atoms with E-state index in [1.165, 1.54) is 70.6 Å². The molecular formula is C78H124NO8+. The van der Waals surface area contributed by atoms with Gasteiger partial charge in [-0.25, -0.2) is 4.79 Å². The van der Waals surface area contributed by atoms with Crippen LogP contribution in [0.2, 0.25) is 0 Å². The number of carbonyl (C=O) groups excluding carboxylic acids is 2. The number of hydrogen-bond acceptors (Lipinski definition) is 7. The van der Waals surface area contributed by atoms with E-state index in [1.54, 1.807) is 0 Å². The largest absolute Gasteiger partial charge is 0.477 e. The zero-order chi connectivity index (χ0) is 63.3. The molecule has 0 rings (SSSR count). The van der Waals surface area contributed by atoms with Crippen molar-refractivity contribution in [2.24, 2.45) is 0 Å². The van der Waals surface area contributed by atoms with Crippen molar-refractivity contribution in [3.63, 3.8) is 0 Å². The number of allylic oxidation sites excluding steroid dienone is 30. The molecule has 0 aliphatic rings. The van der Waals surface area contributed by atoms with E-state index < -0.39 is 24.3 Å². The minimum atomic E-state index is -1.54. The molecule has 0 bridgehead atoms. The topological polar surface area (TPSA) is 108 Å². The summed E-state index contributed by atoms with van der Waals surface area (Å²) in [4.78, 5) is 37.6. The van der Waals surface area contributed by atoms with E-state index >= 15 is 0 Å². The van der Waals surface area contributed by atoms with Crippen LogP contribution >= 0.6 is 0 Å². The molecule has 0 saturated carbocycles. The fourth-order valence-corrected chi connectivity index (χ4v) is 8.54. The molecule has 0 aliphatic heterocycles. The Morgan fingerprint density at radius 3 is 0.943 bits per heavy atom. The highest BCUT2D eigenvalue weighted by Gasteiger charge is 2.25. The summed E-state index contributed by atoms with van der Waals surface area (Å²) in [7, 11) is 5.95. The summed E-state index contributed by atoms with van der Waals surface area (Å²) in [5.74, 6) is -2.09. The molecule has 0 aromatic carbocycles. The van der Waals surface area contributed by atoms with Crippen LogP contribution in [0, 0.1) is 0 Å². The van der Waals surface area contributed by atoms with E-state index in [4.69, 9.17) is 18.9 Å². The zero-order valence-electron chi connectivity index (χ0n) is 55.6.